The van der Waals surface area contributed by atoms with Crippen LogP contribution in [0.1, 0.15) is 50.5 Å². The summed E-state index contributed by atoms with van der Waals surface area (Å²) >= 11 is 0. The predicted octanol–water partition coefficient (Wildman–Crippen LogP) is 1.17. The second-order valence-electron chi connectivity index (χ2n) is 11.7. The minimum atomic E-state index is -0.532. The van der Waals surface area contributed by atoms with Gasteiger partial charge in [0.05, 0.1) is 105 Å². The van der Waals surface area contributed by atoms with Crippen molar-refractivity contribution in [3.63, 3.8) is 0 Å². The molecule has 3 atom stereocenters. The summed E-state index contributed by atoms with van der Waals surface area (Å²) in [5.74, 6) is -0.108. The highest BCUT2D eigenvalue weighted by Gasteiger charge is 2.28. The van der Waals surface area contributed by atoms with Crippen LogP contribution in [0.4, 0.5) is 5.69 Å². The van der Waals surface area contributed by atoms with Gasteiger partial charge in [0.2, 0.25) is 11.8 Å². The molecule has 15 nitrogen and oxygen atoms in total. The number of carbonyl (C=O) groups is 2. The van der Waals surface area contributed by atoms with Gasteiger partial charge in [0.25, 0.3) is 0 Å². The molecule has 1 aromatic rings. The molecule has 6 N–H and O–H groups in total. The van der Waals surface area contributed by atoms with Gasteiger partial charge in [-0.05, 0) is 37.0 Å². The summed E-state index contributed by atoms with van der Waals surface area (Å²) in [6, 6.07) is 7.60. The first-order valence-corrected chi connectivity index (χ1v) is 17.9. The molecule has 0 aromatic heterocycles. The van der Waals surface area contributed by atoms with E-state index in [9.17, 15) is 19.8 Å². The van der Waals surface area contributed by atoms with Gasteiger partial charge in [0.15, 0.2) is 6.29 Å². The van der Waals surface area contributed by atoms with Gasteiger partial charge in [-0.2, -0.15) is 0 Å². The third-order valence-corrected chi connectivity index (χ3v) is 7.48. The molecule has 1 heterocycles. The summed E-state index contributed by atoms with van der Waals surface area (Å²) in [4.78, 5) is 24.3. The molecule has 288 valence electrons. The zero-order chi connectivity index (χ0) is 35.9. The molecule has 0 bridgehead atoms. The van der Waals surface area contributed by atoms with E-state index in [-0.39, 0.29) is 24.8 Å². The lowest BCUT2D eigenvalue weighted by molar-refractivity contribution is -0.221. The maximum absolute atomic E-state index is 12.3. The van der Waals surface area contributed by atoms with Crippen LogP contribution in [0.15, 0.2) is 24.3 Å². The van der Waals surface area contributed by atoms with Crippen molar-refractivity contribution < 1.29 is 57.7 Å². The first-order chi connectivity index (χ1) is 24.5. The zero-order valence-corrected chi connectivity index (χ0v) is 29.6. The fourth-order valence-corrected chi connectivity index (χ4v) is 4.81. The van der Waals surface area contributed by atoms with E-state index in [4.69, 9.17) is 43.6 Å². The number of nitrogens with one attached hydrogen (secondary N) is 2. The highest BCUT2D eigenvalue weighted by atomic mass is 16.7. The molecule has 2 rings (SSSR count). The number of hydrogen-bond donors (Lipinski definition) is 5. The van der Waals surface area contributed by atoms with Crippen molar-refractivity contribution in [1.29, 1.82) is 0 Å². The summed E-state index contributed by atoms with van der Waals surface area (Å²) < 4.78 is 43.7. The Balaban J connectivity index is 1.32. The van der Waals surface area contributed by atoms with E-state index in [0.29, 0.717) is 125 Å². The Hall–Kier alpha value is -2.28. The molecule has 2 amide bonds. The standard InChI is InChI=1S/C35H61N3O12/c36-11-15-44-17-19-46-21-23-48-25-24-47-22-20-45-18-16-43-13-10-33(41)37-12-3-1-2-4-34(42)38-30-7-5-29(6-8-30)9-14-49-35-27-31(40)26-32(28-39)50-35/h5-8,31-32,35,39-40H,1-4,9-28,36H2,(H,37,41)(H,38,42). The molecule has 0 saturated carbocycles. The van der Waals surface area contributed by atoms with Gasteiger partial charge in [0, 0.05) is 44.5 Å². The summed E-state index contributed by atoms with van der Waals surface area (Å²) in [6.07, 6.45) is 3.08. The van der Waals surface area contributed by atoms with Crippen LogP contribution in [0.3, 0.4) is 0 Å². The summed E-state index contributed by atoms with van der Waals surface area (Å²) in [7, 11) is 0. The predicted molar refractivity (Wildman–Crippen MR) is 186 cm³/mol. The van der Waals surface area contributed by atoms with E-state index in [1.807, 2.05) is 24.3 Å². The number of anilines is 1. The van der Waals surface area contributed by atoms with Crippen molar-refractivity contribution >= 4 is 17.5 Å². The van der Waals surface area contributed by atoms with Gasteiger partial charge in [0.1, 0.15) is 0 Å². The first kappa shape index (κ1) is 43.9. The van der Waals surface area contributed by atoms with Crippen LogP contribution >= 0.6 is 0 Å². The number of nitrogens with two attached hydrogens (primary N) is 1. The number of aliphatic hydroxyl groups is 2. The highest BCUT2D eigenvalue weighted by molar-refractivity contribution is 5.90. The number of ether oxygens (including phenoxy) is 8. The molecule has 1 fully saturated rings. The smallest absolute Gasteiger partial charge is 0.224 e. The number of hydrogen-bond acceptors (Lipinski definition) is 13. The number of carbonyl (C=O) groups excluding carboxylic acids is 2. The summed E-state index contributed by atoms with van der Waals surface area (Å²) in [5, 5.41) is 24.9. The average molecular weight is 716 g/mol. The molecule has 1 aliphatic rings. The van der Waals surface area contributed by atoms with E-state index < -0.39 is 18.5 Å². The Morgan fingerprint density at radius 2 is 1.30 bits per heavy atom. The van der Waals surface area contributed by atoms with Crippen molar-refractivity contribution in [1.82, 2.24) is 5.32 Å². The molecular formula is C35H61N3O12. The molecule has 0 radical (unpaired) electrons. The number of rotatable bonds is 32. The molecule has 0 aliphatic carbocycles. The second-order valence-corrected chi connectivity index (χ2v) is 11.7. The normalized spacial score (nSPS) is 17.5. The lowest BCUT2D eigenvalue weighted by Gasteiger charge is -2.32. The van der Waals surface area contributed by atoms with Crippen LogP contribution in [0.2, 0.25) is 0 Å². The largest absolute Gasteiger partial charge is 0.394 e. The Bertz CT molecular complexity index is 975. The van der Waals surface area contributed by atoms with E-state index in [1.54, 1.807) is 0 Å². The Morgan fingerprint density at radius 3 is 1.88 bits per heavy atom. The quantitative estimate of drug-likeness (QED) is 0.0667. The molecular weight excluding hydrogens is 654 g/mol. The fourth-order valence-electron chi connectivity index (χ4n) is 4.81. The summed E-state index contributed by atoms with van der Waals surface area (Å²) in [5.41, 5.74) is 7.12. The fraction of sp³-hybridized carbons (Fsp3) is 0.771. The minimum Gasteiger partial charge on any atom is -0.394 e. The van der Waals surface area contributed by atoms with E-state index in [1.165, 1.54) is 0 Å². The second kappa shape index (κ2) is 30.4. The van der Waals surface area contributed by atoms with Crippen molar-refractivity contribution in [3.8, 4) is 0 Å². The monoisotopic (exact) mass is 715 g/mol. The van der Waals surface area contributed by atoms with Crippen LogP contribution in [0.5, 0.6) is 0 Å². The maximum Gasteiger partial charge on any atom is 0.224 e. The maximum atomic E-state index is 12.3. The third-order valence-electron chi connectivity index (χ3n) is 7.48. The molecule has 3 unspecified atom stereocenters. The van der Waals surface area contributed by atoms with Gasteiger partial charge in [-0.15, -0.1) is 0 Å². The van der Waals surface area contributed by atoms with Crippen LogP contribution < -0.4 is 16.4 Å². The van der Waals surface area contributed by atoms with Crippen molar-refractivity contribution in [3.05, 3.63) is 29.8 Å². The molecule has 1 aliphatic heterocycles. The first-order valence-electron chi connectivity index (χ1n) is 17.9. The molecule has 0 spiro atoms. The Morgan fingerprint density at radius 1 is 0.720 bits per heavy atom. The number of aliphatic hydroxyl groups excluding tert-OH is 2. The lowest BCUT2D eigenvalue weighted by atomic mass is 10.1. The zero-order valence-electron chi connectivity index (χ0n) is 29.6. The van der Waals surface area contributed by atoms with Crippen LogP contribution in [0, 0.1) is 0 Å². The molecule has 1 aromatic carbocycles. The molecule has 1 saturated heterocycles. The van der Waals surface area contributed by atoms with Gasteiger partial charge in [-0.1, -0.05) is 18.6 Å². The van der Waals surface area contributed by atoms with E-state index in [0.717, 1.165) is 30.5 Å². The van der Waals surface area contributed by atoms with Crippen molar-refractivity contribution in [2.75, 3.05) is 111 Å². The van der Waals surface area contributed by atoms with Crippen molar-refractivity contribution in [2.45, 2.75) is 69.9 Å². The van der Waals surface area contributed by atoms with E-state index >= 15 is 0 Å². The Labute approximate surface area is 296 Å². The SMILES string of the molecule is NCCOCCOCCOCCOCCOCCOCCC(=O)NCCCCCC(=O)Nc1ccc(CCOC2CC(O)CC(CO)O2)cc1. The molecule has 50 heavy (non-hydrogen) atoms. The number of amides is 2. The minimum absolute atomic E-state index is 0.0469. The highest BCUT2D eigenvalue weighted by Crippen LogP contribution is 2.20. The van der Waals surface area contributed by atoms with Crippen LogP contribution in [-0.2, 0) is 53.9 Å². The van der Waals surface area contributed by atoms with Gasteiger partial charge < -0.3 is 64.5 Å². The van der Waals surface area contributed by atoms with Crippen LogP contribution in [-0.4, -0.2) is 146 Å². The number of benzene rings is 1. The average Bonchev–Trinajstić information content (AvgIpc) is 3.11. The van der Waals surface area contributed by atoms with Gasteiger partial charge >= 0.3 is 0 Å². The number of unbranched alkanes of at least 4 members (excludes halogenated alkanes) is 2. The van der Waals surface area contributed by atoms with Gasteiger partial charge in [-0.3, -0.25) is 9.59 Å². The molecule has 15 heteroatoms. The third kappa shape index (κ3) is 24.0. The summed E-state index contributed by atoms with van der Waals surface area (Å²) in [6.45, 7) is 7.05. The lowest BCUT2D eigenvalue weighted by Crippen LogP contribution is -2.39. The van der Waals surface area contributed by atoms with Crippen LogP contribution in [0.25, 0.3) is 0 Å². The Kier molecular flexibility index (Phi) is 26.6. The topological polar surface area (TPSA) is 199 Å². The van der Waals surface area contributed by atoms with E-state index in [2.05, 4.69) is 10.6 Å². The van der Waals surface area contributed by atoms with Crippen molar-refractivity contribution in [2.24, 2.45) is 5.73 Å². The van der Waals surface area contributed by atoms with Gasteiger partial charge in [-0.25, -0.2) is 0 Å².